The van der Waals surface area contributed by atoms with E-state index in [-0.39, 0.29) is 34.5 Å². The Kier molecular flexibility index (Phi) is 22.1. The van der Waals surface area contributed by atoms with Gasteiger partial charge in [-0.2, -0.15) is 0 Å². The van der Waals surface area contributed by atoms with E-state index in [9.17, 15) is 91.9 Å². The molecule has 18 N–H and O–H groups in total. The highest BCUT2D eigenvalue weighted by atomic mass is 16.8. The van der Waals surface area contributed by atoms with Gasteiger partial charge in [0.25, 0.3) is 0 Å². The summed E-state index contributed by atoms with van der Waals surface area (Å²) in [5.74, 6) is -0.658. The number of hydrogen-bond donors (Lipinski definition) is 18. The van der Waals surface area contributed by atoms with Crippen molar-refractivity contribution in [2.24, 2.45) is 45.3 Å². The van der Waals surface area contributed by atoms with E-state index in [0.29, 0.717) is 44.9 Å². The van der Waals surface area contributed by atoms with Crippen LogP contribution in [0.5, 0.6) is 0 Å². The van der Waals surface area contributed by atoms with E-state index in [2.05, 4.69) is 40.7 Å². The molecule has 0 amide bonds. The van der Waals surface area contributed by atoms with E-state index >= 15 is 0 Å². The molecule has 35 atom stereocenters. The molecule has 28 heteroatoms. The summed E-state index contributed by atoms with van der Waals surface area (Å²) in [6, 6.07) is 0. The first-order chi connectivity index (χ1) is 41.3. The molecule has 0 bridgehead atoms. The van der Waals surface area contributed by atoms with E-state index < -0.39 is 215 Å². The highest BCUT2D eigenvalue weighted by molar-refractivity contribution is 5.21. The van der Waals surface area contributed by atoms with E-state index in [0.717, 1.165) is 18.4 Å². The molecular formula is C60H102O28. The average Bonchev–Trinajstić information content (AvgIpc) is 1.27. The van der Waals surface area contributed by atoms with Crippen LogP contribution in [0.1, 0.15) is 113 Å². The summed E-state index contributed by atoms with van der Waals surface area (Å²) < 4.78 is 60.6. The minimum absolute atomic E-state index is 0.00190. The maximum absolute atomic E-state index is 12.9. The first-order valence-corrected chi connectivity index (χ1v) is 31.4. The van der Waals surface area contributed by atoms with Crippen LogP contribution in [0, 0.1) is 45.3 Å². The van der Waals surface area contributed by atoms with Crippen molar-refractivity contribution in [3.8, 4) is 0 Å². The molecule has 4 aliphatic carbocycles. The minimum Gasteiger partial charge on any atom is -0.394 e. The number of ether oxygens (including phenoxy) is 10. The van der Waals surface area contributed by atoms with Gasteiger partial charge in [-0.3, -0.25) is 0 Å². The fourth-order valence-corrected chi connectivity index (χ4v) is 17.7. The van der Waals surface area contributed by atoms with Gasteiger partial charge in [0.15, 0.2) is 31.5 Å². The Morgan fingerprint density at radius 3 is 1.50 bits per heavy atom. The molecular weight excluding hydrogens is 1170 g/mol. The van der Waals surface area contributed by atoms with E-state index in [4.69, 9.17) is 47.4 Å². The molecule has 5 saturated heterocycles. The van der Waals surface area contributed by atoms with Crippen molar-refractivity contribution in [2.45, 2.75) is 285 Å². The number of fused-ring (bicyclic) bond motifs is 5. The van der Waals surface area contributed by atoms with Crippen LogP contribution in [-0.4, -0.2) is 296 Å². The zero-order chi connectivity index (χ0) is 64.7. The summed E-state index contributed by atoms with van der Waals surface area (Å²) in [6.07, 6.45) is -35.6. The molecule has 510 valence electrons. The van der Waals surface area contributed by atoms with Crippen molar-refractivity contribution in [2.75, 3.05) is 33.0 Å². The third-order valence-electron chi connectivity index (χ3n) is 23.0. The maximum Gasteiger partial charge on any atom is 0.187 e. The molecule has 9 rings (SSSR count). The zero-order valence-corrected chi connectivity index (χ0v) is 51.5. The summed E-state index contributed by atoms with van der Waals surface area (Å²) in [4.78, 5) is 0. The largest absolute Gasteiger partial charge is 0.394 e. The van der Waals surface area contributed by atoms with Crippen LogP contribution in [0.3, 0.4) is 0 Å². The summed E-state index contributed by atoms with van der Waals surface area (Å²) in [7, 11) is 0. The Hall–Kier alpha value is -1.38. The standard InChI is InChI=1S/C60H102O28/c1-24(2)10-9-14-60(8,88-54-47(77)42(72)39(69)31(84-54)23-79-51-48(78)44(74)49(30(22-64)83-51)86-52-45(75)40(70)36(66)27(19-61)80-52)25-11-16-59(7)35(25)26(65)18-33-57(5)15-13-34(56(3,4)32(57)12-17-58(33,59)6)85-55-50(43(73)38(68)29(21-63)82-55)87-53-46(76)41(71)37(67)28(20-62)81-53/h10,25-55,61-78H,9,11-23H2,1-8H3/t25-,26+,27+,28+,29+,30+,31+,32-,33+,34-,35-,36+,37+,38+,39+,40-,41-,42-,43-,44+,45+,46+,47+,48+,49+,50+,51+,52+,53-,54-,55-,57-,58+,59+,60-/m0/s1. The van der Waals surface area contributed by atoms with Crippen LogP contribution in [-0.2, 0) is 47.4 Å². The first-order valence-electron chi connectivity index (χ1n) is 31.4. The molecule has 9 fully saturated rings. The summed E-state index contributed by atoms with van der Waals surface area (Å²) in [5.41, 5.74) is -1.86. The summed E-state index contributed by atoms with van der Waals surface area (Å²) >= 11 is 0. The third-order valence-corrected chi connectivity index (χ3v) is 23.0. The molecule has 5 aliphatic heterocycles. The highest BCUT2D eigenvalue weighted by Crippen LogP contribution is 2.76. The second-order valence-corrected chi connectivity index (χ2v) is 28.6. The molecule has 0 spiro atoms. The summed E-state index contributed by atoms with van der Waals surface area (Å²) in [6.45, 7) is 13.3. The second-order valence-electron chi connectivity index (χ2n) is 28.6. The molecule has 0 aromatic carbocycles. The normalized spacial score (nSPS) is 52.9. The van der Waals surface area contributed by atoms with Gasteiger partial charge in [-0.25, -0.2) is 0 Å². The fraction of sp³-hybridized carbons (Fsp3) is 0.967. The van der Waals surface area contributed by atoms with Crippen molar-refractivity contribution in [3.05, 3.63) is 11.6 Å². The van der Waals surface area contributed by atoms with Gasteiger partial charge in [0, 0.05) is 0 Å². The van der Waals surface area contributed by atoms with Crippen LogP contribution in [0.2, 0.25) is 0 Å². The summed E-state index contributed by atoms with van der Waals surface area (Å²) in [5, 5.41) is 195. The topological polar surface area (TPSA) is 456 Å². The predicted octanol–water partition coefficient (Wildman–Crippen LogP) is -4.38. The Morgan fingerprint density at radius 2 is 0.943 bits per heavy atom. The van der Waals surface area contributed by atoms with Gasteiger partial charge in [-0.15, -0.1) is 0 Å². The predicted molar refractivity (Wildman–Crippen MR) is 299 cm³/mol. The lowest BCUT2D eigenvalue weighted by Crippen LogP contribution is -2.68. The third kappa shape index (κ3) is 12.6. The van der Waals surface area contributed by atoms with E-state index in [1.165, 1.54) is 0 Å². The number of rotatable bonds is 19. The monoisotopic (exact) mass is 1270 g/mol. The molecule has 0 unspecified atom stereocenters. The van der Waals surface area contributed by atoms with Gasteiger partial charge in [0.1, 0.15) is 122 Å². The Balaban J connectivity index is 0.900. The molecule has 0 aromatic rings. The van der Waals surface area contributed by atoms with Gasteiger partial charge < -0.3 is 139 Å². The van der Waals surface area contributed by atoms with Crippen molar-refractivity contribution in [3.63, 3.8) is 0 Å². The van der Waals surface area contributed by atoms with Crippen LogP contribution >= 0.6 is 0 Å². The molecule has 0 radical (unpaired) electrons. The smallest absolute Gasteiger partial charge is 0.187 e. The number of aliphatic hydroxyl groups is 18. The first kappa shape index (κ1) is 70.9. The lowest BCUT2D eigenvalue weighted by molar-refractivity contribution is -0.378. The van der Waals surface area contributed by atoms with Crippen LogP contribution in [0.15, 0.2) is 11.6 Å². The average molecular weight is 1270 g/mol. The number of aliphatic hydroxyl groups excluding tert-OH is 18. The Bertz CT molecular complexity index is 2320. The molecule has 9 aliphatic rings. The van der Waals surface area contributed by atoms with Crippen molar-refractivity contribution >= 4 is 0 Å². The van der Waals surface area contributed by atoms with Gasteiger partial charge in [0.2, 0.25) is 0 Å². The number of allylic oxidation sites excluding steroid dienone is 2. The molecule has 4 saturated carbocycles. The number of hydrogen-bond acceptors (Lipinski definition) is 28. The fourth-order valence-electron chi connectivity index (χ4n) is 17.7. The lowest BCUT2D eigenvalue weighted by Gasteiger charge is -2.71. The van der Waals surface area contributed by atoms with Gasteiger partial charge >= 0.3 is 0 Å². The Morgan fingerprint density at radius 1 is 0.477 bits per heavy atom. The molecule has 88 heavy (non-hydrogen) atoms. The van der Waals surface area contributed by atoms with Crippen molar-refractivity contribution in [1.82, 2.24) is 0 Å². The van der Waals surface area contributed by atoms with E-state index in [1.807, 2.05) is 20.8 Å². The lowest BCUT2D eigenvalue weighted by atomic mass is 9.35. The van der Waals surface area contributed by atoms with Crippen LogP contribution < -0.4 is 0 Å². The van der Waals surface area contributed by atoms with Gasteiger partial charge in [-0.1, -0.05) is 46.3 Å². The van der Waals surface area contributed by atoms with Gasteiger partial charge in [0.05, 0.1) is 50.8 Å². The van der Waals surface area contributed by atoms with E-state index in [1.54, 1.807) is 0 Å². The van der Waals surface area contributed by atoms with Crippen LogP contribution in [0.4, 0.5) is 0 Å². The molecule has 5 heterocycles. The minimum atomic E-state index is -1.92. The van der Waals surface area contributed by atoms with Gasteiger partial charge in [-0.05, 0) is 124 Å². The Labute approximate surface area is 512 Å². The van der Waals surface area contributed by atoms with Crippen molar-refractivity contribution < 1.29 is 139 Å². The van der Waals surface area contributed by atoms with Crippen molar-refractivity contribution in [1.29, 1.82) is 0 Å². The van der Waals surface area contributed by atoms with Crippen LogP contribution in [0.25, 0.3) is 0 Å². The molecule has 28 nitrogen and oxygen atoms in total. The molecule has 0 aromatic heterocycles. The highest BCUT2D eigenvalue weighted by Gasteiger charge is 2.72. The zero-order valence-electron chi connectivity index (χ0n) is 51.5. The second kappa shape index (κ2) is 27.4. The SMILES string of the molecule is CC(C)=CCC[C@](C)(O[C@@H]1O[C@H](CO[C@@H]2O[C@H](CO)[C@@H](O[C@H]3O[C@H](CO)[C@@H](O)[C@H](O)[C@H]3O)[C@H](O)[C@H]2O)[C@@H](O)[C@H](O)[C@H]1O)[C@H]1CC[C@]2(C)[C@@H]1[C@H](O)C[C@@H]1[C@@]3(C)CC[C@H](O[C@@H]4O[C@H](CO)[C@@H](O)[C@H](O)[C@H]4O[C@@H]4O[C@H](CO)[C@@H](O)[C@H](O)[C@H]4O)C(C)(C)[C@@H]3CC[C@]12C. The maximum atomic E-state index is 12.9. The quantitative estimate of drug-likeness (QED) is 0.0429.